The van der Waals surface area contributed by atoms with Crippen LogP contribution in [0.25, 0.3) is 0 Å². The quantitative estimate of drug-likeness (QED) is 0.609. The molecule has 0 heterocycles. The fraction of sp³-hybridized carbons (Fsp3) is 0.800. The molecule has 0 saturated carbocycles. The molecule has 0 aliphatic carbocycles. The monoisotopic (exact) mass is 155 g/mol. The molecule has 0 rings (SSSR count). The third-order valence-corrected chi connectivity index (χ3v) is 2.22. The summed E-state index contributed by atoms with van der Waals surface area (Å²) in [5, 5.41) is 0. The second kappa shape index (κ2) is 3.91. The van der Waals surface area contributed by atoms with Gasteiger partial charge >= 0.3 is 0 Å². The molecule has 0 radical (unpaired) electrons. The van der Waals surface area contributed by atoms with Gasteiger partial charge in [0.25, 0.3) is 0 Å². The number of allylic oxidation sites excluding steroid dienone is 1. The van der Waals surface area contributed by atoms with E-state index in [9.17, 15) is 0 Å². The van der Waals surface area contributed by atoms with Gasteiger partial charge in [0.15, 0.2) is 0 Å². The summed E-state index contributed by atoms with van der Waals surface area (Å²) < 4.78 is 0. The molecule has 1 unspecified atom stereocenters. The SMILES string of the molecule is C/C(=C/C(C)C(C)(C)C)CN. The van der Waals surface area contributed by atoms with Crippen LogP contribution in [0.15, 0.2) is 11.6 Å². The van der Waals surface area contributed by atoms with Crippen molar-refractivity contribution in [3.8, 4) is 0 Å². The standard InChI is InChI=1S/C10H21N/c1-8(7-11)6-9(2)10(3,4)5/h6,9H,7,11H2,1-5H3/b8-6-. The second-order valence-corrected chi connectivity index (χ2v) is 4.37. The summed E-state index contributed by atoms with van der Waals surface area (Å²) in [5.41, 5.74) is 7.14. The molecule has 0 aromatic heterocycles. The van der Waals surface area contributed by atoms with Crippen LogP contribution in [-0.2, 0) is 0 Å². The normalized spacial score (nSPS) is 16.7. The topological polar surface area (TPSA) is 26.0 Å². The first-order valence-corrected chi connectivity index (χ1v) is 4.25. The highest BCUT2D eigenvalue weighted by Gasteiger charge is 2.17. The van der Waals surface area contributed by atoms with E-state index in [1.165, 1.54) is 5.57 Å². The molecule has 0 aromatic carbocycles. The average molecular weight is 155 g/mol. The van der Waals surface area contributed by atoms with Crippen molar-refractivity contribution in [2.75, 3.05) is 6.54 Å². The Kier molecular flexibility index (Phi) is 3.81. The number of rotatable bonds is 2. The number of nitrogens with two attached hydrogens (primary N) is 1. The Balaban J connectivity index is 4.17. The van der Waals surface area contributed by atoms with E-state index in [1.807, 2.05) is 0 Å². The minimum absolute atomic E-state index is 0.358. The lowest BCUT2D eigenvalue weighted by Gasteiger charge is -2.24. The Labute approximate surface area is 70.7 Å². The molecular formula is C10H21N. The van der Waals surface area contributed by atoms with Crippen molar-refractivity contribution in [3.63, 3.8) is 0 Å². The molecule has 0 amide bonds. The third-order valence-electron chi connectivity index (χ3n) is 2.22. The van der Waals surface area contributed by atoms with E-state index < -0.39 is 0 Å². The lowest BCUT2D eigenvalue weighted by atomic mass is 9.81. The van der Waals surface area contributed by atoms with Crippen LogP contribution in [0.1, 0.15) is 34.6 Å². The highest BCUT2D eigenvalue weighted by molar-refractivity contribution is 5.03. The van der Waals surface area contributed by atoms with Gasteiger partial charge in [-0.15, -0.1) is 0 Å². The summed E-state index contributed by atoms with van der Waals surface area (Å²) in [6, 6.07) is 0. The van der Waals surface area contributed by atoms with E-state index in [0.29, 0.717) is 17.9 Å². The predicted molar refractivity (Wildman–Crippen MR) is 51.4 cm³/mol. The van der Waals surface area contributed by atoms with E-state index in [-0.39, 0.29) is 0 Å². The molecule has 0 fully saturated rings. The van der Waals surface area contributed by atoms with Gasteiger partial charge in [0.1, 0.15) is 0 Å². The Bertz CT molecular complexity index is 139. The van der Waals surface area contributed by atoms with Crippen LogP contribution in [0.4, 0.5) is 0 Å². The third kappa shape index (κ3) is 4.20. The zero-order valence-electron chi connectivity index (χ0n) is 8.44. The van der Waals surface area contributed by atoms with Crippen LogP contribution in [0.3, 0.4) is 0 Å². The lowest BCUT2D eigenvalue weighted by Crippen LogP contribution is -2.16. The first-order chi connectivity index (χ1) is 4.88. The highest BCUT2D eigenvalue weighted by Crippen LogP contribution is 2.26. The van der Waals surface area contributed by atoms with Gasteiger partial charge in [-0.3, -0.25) is 0 Å². The predicted octanol–water partition coefficient (Wildman–Crippen LogP) is 2.57. The van der Waals surface area contributed by atoms with Gasteiger partial charge in [-0.1, -0.05) is 39.3 Å². The molecule has 1 atom stereocenters. The molecular weight excluding hydrogens is 134 g/mol. The summed E-state index contributed by atoms with van der Waals surface area (Å²) in [6.45, 7) is 11.7. The van der Waals surface area contributed by atoms with E-state index >= 15 is 0 Å². The molecule has 11 heavy (non-hydrogen) atoms. The minimum Gasteiger partial charge on any atom is -0.327 e. The van der Waals surface area contributed by atoms with Gasteiger partial charge in [-0.05, 0) is 18.3 Å². The van der Waals surface area contributed by atoms with E-state index in [0.717, 1.165) is 0 Å². The molecule has 1 heteroatoms. The summed E-state index contributed by atoms with van der Waals surface area (Å²) >= 11 is 0. The van der Waals surface area contributed by atoms with Gasteiger partial charge in [-0.2, -0.15) is 0 Å². The molecule has 0 aromatic rings. The van der Waals surface area contributed by atoms with Crippen molar-refractivity contribution in [1.29, 1.82) is 0 Å². The van der Waals surface area contributed by atoms with Crippen molar-refractivity contribution < 1.29 is 0 Å². The van der Waals surface area contributed by atoms with Crippen LogP contribution < -0.4 is 5.73 Å². The summed E-state index contributed by atoms with van der Waals surface area (Å²) in [4.78, 5) is 0. The van der Waals surface area contributed by atoms with Crippen LogP contribution in [-0.4, -0.2) is 6.54 Å². The number of hydrogen-bond acceptors (Lipinski definition) is 1. The molecule has 0 spiro atoms. The van der Waals surface area contributed by atoms with Gasteiger partial charge < -0.3 is 5.73 Å². The zero-order chi connectivity index (χ0) is 9.07. The van der Waals surface area contributed by atoms with Crippen LogP contribution in [0.2, 0.25) is 0 Å². The van der Waals surface area contributed by atoms with Crippen LogP contribution >= 0.6 is 0 Å². The maximum absolute atomic E-state index is 5.50. The molecule has 0 saturated heterocycles. The zero-order valence-corrected chi connectivity index (χ0v) is 8.44. The van der Waals surface area contributed by atoms with Crippen molar-refractivity contribution in [2.24, 2.45) is 17.1 Å². The van der Waals surface area contributed by atoms with Gasteiger partial charge in [-0.25, -0.2) is 0 Å². The maximum atomic E-state index is 5.50. The van der Waals surface area contributed by atoms with Crippen molar-refractivity contribution in [3.05, 3.63) is 11.6 Å². The minimum atomic E-state index is 0.358. The first kappa shape index (κ1) is 10.7. The molecule has 2 N–H and O–H groups in total. The Morgan fingerprint density at radius 3 is 2.18 bits per heavy atom. The van der Waals surface area contributed by atoms with Gasteiger partial charge in [0, 0.05) is 6.54 Å². The van der Waals surface area contributed by atoms with E-state index in [4.69, 9.17) is 5.73 Å². The lowest BCUT2D eigenvalue weighted by molar-refractivity contribution is 0.313. The van der Waals surface area contributed by atoms with Crippen LogP contribution in [0.5, 0.6) is 0 Å². The summed E-state index contributed by atoms with van der Waals surface area (Å²) in [7, 11) is 0. The number of hydrogen-bond donors (Lipinski definition) is 1. The molecule has 1 nitrogen and oxygen atoms in total. The van der Waals surface area contributed by atoms with Gasteiger partial charge in [0.05, 0.1) is 0 Å². The molecule has 0 bridgehead atoms. The fourth-order valence-electron chi connectivity index (χ4n) is 0.745. The van der Waals surface area contributed by atoms with Crippen molar-refractivity contribution in [2.45, 2.75) is 34.6 Å². The molecule has 0 aliphatic heterocycles. The van der Waals surface area contributed by atoms with Crippen LogP contribution in [0, 0.1) is 11.3 Å². The van der Waals surface area contributed by atoms with Crippen molar-refractivity contribution >= 4 is 0 Å². The highest BCUT2D eigenvalue weighted by atomic mass is 14.5. The average Bonchev–Trinajstić information content (AvgIpc) is 1.85. The molecule has 0 aliphatic rings. The van der Waals surface area contributed by atoms with Gasteiger partial charge in [0.2, 0.25) is 0 Å². The maximum Gasteiger partial charge on any atom is 0.0134 e. The molecule has 66 valence electrons. The Morgan fingerprint density at radius 1 is 1.45 bits per heavy atom. The second-order valence-electron chi connectivity index (χ2n) is 4.37. The van der Waals surface area contributed by atoms with E-state index in [2.05, 4.69) is 40.7 Å². The summed E-state index contributed by atoms with van der Waals surface area (Å²) in [5.74, 6) is 0.603. The smallest absolute Gasteiger partial charge is 0.0134 e. The summed E-state index contributed by atoms with van der Waals surface area (Å²) in [6.07, 6.45) is 2.26. The van der Waals surface area contributed by atoms with Crippen molar-refractivity contribution in [1.82, 2.24) is 0 Å². The van der Waals surface area contributed by atoms with E-state index in [1.54, 1.807) is 0 Å². The first-order valence-electron chi connectivity index (χ1n) is 4.25. The fourth-order valence-corrected chi connectivity index (χ4v) is 0.745. The largest absolute Gasteiger partial charge is 0.327 e. The Morgan fingerprint density at radius 2 is 1.91 bits per heavy atom. The Hall–Kier alpha value is -0.300.